The van der Waals surface area contributed by atoms with Gasteiger partial charge >= 0.3 is 0 Å². The Morgan fingerprint density at radius 3 is 2.69 bits per heavy atom. The lowest BCUT2D eigenvalue weighted by atomic mass is 9.84. The molecule has 2 aromatic heterocycles. The lowest BCUT2D eigenvalue weighted by Crippen LogP contribution is -2.71. The summed E-state index contributed by atoms with van der Waals surface area (Å²) in [6.07, 6.45) is 4.00. The van der Waals surface area contributed by atoms with E-state index in [1.807, 2.05) is 19.9 Å². The summed E-state index contributed by atoms with van der Waals surface area (Å²) in [6, 6.07) is 6.13. The number of hydrogen-bond acceptors (Lipinski definition) is 7. The van der Waals surface area contributed by atoms with Crippen LogP contribution < -0.4 is 15.8 Å². The van der Waals surface area contributed by atoms with Gasteiger partial charge in [0.25, 0.3) is 5.91 Å². The molecule has 2 aromatic rings. The Kier molecular flexibility index (Phi) is 5.36. The molecule has 2 fully saturated rings. The third-order valence-electron chi connectivity index (χ3n) is 8.16. The van der Waals surface area contributed by atoms with Crippen molar-refractivity contribution in [2.75, 3.05) is 11.9 Å². The van der Waals surface area contributed by atoms with Crippen molar-refractivity contribution in [2.24, 2.45) is 16.1 Å². The summed E-state index contributed by atoms with van der Waals surface area (Å²) < 4.78 is 32.4. The molecule has 1 amide bonds. The van der Waals surface area contributed by atoms with E-state index in [9.17, 15) is 9.00 Å². The summed E-state index contributed by atoms with van der Waals surface area (Å²) in [5.41, 5.74) is 6.12. The summed E-state index contributed by atoms with van der Waals surface area (Å²) in [6.45, 7) is 7.71. The van der Waals surface area contributed by atoms with Crippen LogP contribution in [-0.2, 0) is 15.7 Å². The van der Waals surface area contributed by atoms with Crippen LogP contribution in [0.25, 0.3) is 0 Å². The molecule has 0 unspecified atom stereocenters. The summed E-state index contributed by atoms with van der Waals surface area (Å²) >= 11 is 0. The zero-order valence-electron chi connectivity index (χ0n) is 20.7. The number of nitrogens with one attached hydrogen (secondary N) is 2. The Labute approximate surface area is 210 Å². The number of nitriles is 1. The second kappa shape index (κ2) is 7.88. The molecule has 9 nitrogen and oxygen atoms in total. The van der Waals surface area contributed by atoms with Crippen LogP contribution in [0.4, 0.5) is 10.2 Å². The van der Waals surface area contributed by atoms with Crippen LogP contribution in [-0.4, -0.2) is 42.5 Å². The molecule has 1 spiro atoms. The fourth-order valence-electron chi connectivity index (χ4n) is 5.46. The Balaban J connectivity index is 1.55. The molecule has 2 aliphatic heterocycles. The van der Waals surface area contributed by atoms with Crippen molar-refractivity contribution >= 4 is 27.7 Å². The predicted octanol–water partition coefficient (Wildman–Crippen LogP) is 2.49. The van der Waals surface area contributed by atoms with E-state index in [-0.39, 0.29) is 28.5 Å². The van der Waals surface area contributed by atoms with E-state index < -0.39 is 37.4 Å². The van der Waals surface area contributed by atoms with Gasteiger partial charge in [0.05, 0.1) is 15.6 Å². The minimum atomic E-state index is -3.16. The van der Waals surface area contributed by atoms with Crippen molar-refractivity contribution < 1.29 is 13.4 Å². The Morgan fingerprint density at radius 2 is 2.06 bits per heavy atom. The minimum absolute atomic E-state index is 0.00650. The largest absolute Gasteiger partial charge is 0.386 e. The van der Waals surface area contributed by atoms with Crippen LogP contribution in [0, 0.1) is 29.5 Å². The van der Waals surface area contributed by atoms with Gasteiger partial charge in [0.1, 0.15) is 40.5 Å². The maximum atomic E-state index is 15.4. The van der Waals surface area contributed by atoms with Crippen LogP contribution in [0.1, 0.15) is 67.3 Å². The Bertz CT molecular complexity index is 1410. The highest BCUT2D eigenvalue weighted by atomic mass is 32.3. The van der Waals surface area contributed by atoms with Gasteiger partial charge in [-0.1, -0.05) is 0 Å². The highest BCUT2D eigenvalue weighted by Gasteiger charge is 2.63. The molecule has 4 heterocycles. The lowest BCUT2D eigenvalue weighted by molar-refractivity contribution is 0.102. The summed E-state index contributed by atoms with van der Waals surface area (Å²) in [5, 5.41) is 11.2. The number of fused-ring (bicyclic) bond motifs is 1. The molecule has 190 valence electrons. The van der Waals surface area contributed by atoms with Crippen LogP contribution in [0.2, 0.25) is 0 Å². The zero-order chi connectivity index (χ0) is 26.1. The van der Waals surface area contributed by atoms with E-state index in [2.05, 4.69) is 20.0 Å². The number of nitrogens with two attached hydrogens (primary N) is 1. The summed E-state index contributed by atoms with van der Waals surface area (Å²) in [5.74, 6) is -0.846. The first kappa shape index (κ1) is 24.5. The first-order valence-corrected chi connectivity index (χ1v) is 13.7. The van der Waals surface area contributed by atoms with Crippen LogP contribution in [0.3, 0.4) is 0 Å². The Hall–Kier alpha value is -3.23. The standard InChI is InChI=1S/C25H30FN7O2S/c1-14-9-15(11-27)12-29-19(14)21(34)32-18-6-5-16(26)20(31-18)24(4)17-10-25(7-8-25)13-30-36(17,35)23(2,3)22(28)33-24/h5-6,9,12,17,36H,7-8,10,13H2,1-4H3,(H2,28,33)(H,30,35)(H,31,32,34)/t17-,24-/m0/s1. The topological polar surface area (TPSA) is 146 Å². The molecular weight excluding hydrogens is 481 g/mol. The van der Waals surface area contributed by atoms with Gasteiger partial charge in [-0.2, -0.15) is 5.26 Å². The van der Waals surface area contributed by atoms with Crippen molar-refractivity contribution in [2.45, 2.75) is 62.5 Å². The molecule has 36 heavy (non-hydrogen) atoms. The number of carbonyl (C=O) groups is 1. The van der Waals surface area contributed by atoms with Crippen molar-refractivity contribution in [1.82, 2.24) is 14.7 Å². The first-order valence-electron chi connectivity index (χ1n) is 11.9. The molecule has 5 rings (SSSR count). The molecule has 4 N–H and O–H groups in total. The molecule has 3 aliphatic rings. The molecule has 2 atom stereocenters. The van der Waals surface area contributed by atoms with Crippen molar-refractivity contribution in [3.63, 3.8) is 0 Å². The fourth-order valence-corrected chi connectivity index (χ4v) is 9.35. The van der Waals surface area contributed by atoms with Crippen molar-refractivity contribution in [1.29, 1.82) is 5.26 Å². The van der Waals surface area contributed by atoms with Crippen molar-refractivity contribution in [3.8, 4) is 6.07 Å². The zero-order valence-corrected chi connectivity index (χ0v) is 21.6. The van der Waals surface area contributed by atoms with Crippen LogP contribution in [0.5, 0.6) is 0 Å². The van der Waals surface area contributed by atoms with E-state index in [4.69, 9.17) is 16.0 Å². The van der Waals surface area contributed by atoms with Gasteiger partial charge in [-0.05, 0) is 86.3 Å². The smallest absolute Gasteiger partial charge is 0.275 e. The van der Waals surface area contributed by atoms with Crippen LogP contribution in [0.15, 0.2) is 29.4 Å². The maximum Gasteiger partial charge on any atom is 0.275 e. The molecule has 1 saturated carbocycles. The van der Waals surface area contributed by atoms with Crippen molar-refractivity contribution in [3.05, 3.63) is 52.7 Å². The summed E-state index contributed by atoms with van der Waals surface area (Å²) in [4.78, 5) is 26.2. The van der Waals surface area contributed by atoms with Gasteiger partial charge in [-0.25, -0.2) is 14.4 Å². The number of rotatable bonds is 3. The predicted molar refractivity (Wildman–Crippen MR) is 137 cm³/mol. The number of hydrogen-bond donors (Lipinski definition) is 4. The van der Waals surface area contributed by atoms with Gasteiger partial charge in [0, 0.05) is 12.7 Å². The molecule has 1 aliphatic carbocycles. The first-order chi connectivity index (χ1) is 16.8. The maximum absolute atomic E-state index is 15.4. The van der Waals surface area contributed by atoms with E-state index >= 15 is 4.39 Å². The van der Waals surface area contributed by atoms with E-state index in [0.29, 0.717) is 24.1 Å². The molecule has 1 saturated heterocycles. The van der Waals surface area contributed by atoms with Gasteiger partial charge in [0.15, 0.2) is 0 Å². The quantitative estimate of drug-likeness (QED) is 0.466. The number of anilines is 1. The second-order valence-electron chi connectivity index (χ2n) is 10.9. The molecule has 0 aromatic carbocycles. The number of aliphatic imine (C=N–C) groups is 1. The van der Waals surface area contributed by atoms with E-state index in [0.717, 1.165) is 12.8 Å². The third-order valence-corrected chi connectivity index (χ3v) is 12.2. The molecule has 11 heteroatoms. The average Bonchev–Trinajstić information content (AvgIpc) is 3.59. The number of halogens is 1. The highest BCUT2D eigenvalue weighted by Crippen LogP contribution is 2.59. The van der Waals surface area contributed by atoms with Gasteiger partial charge < -0.3 is 11.1 Å². The highest BCUT2D eigenvalue weighted by molar-refractivity contribution is 8.04. The van der Waals surface area contributed by atoms with E-state index in [1.54, 1.807) is 19.9 Å². The number of nitrogens with zero attached hydrogens (tertiary/aromatic N) is 4. The monoisotopic (exact) mass is 511 g/mol. The number of aryl methyl sites for hydroxylation is 1. The number of carbonyl (C=O) groups excluding carboxylic acids is 1. The van der Waals surface area contributed by atoms with Gasteiger partial charge in [-0.3, -0.25) is 18.7 Å². The third kappa shape index (κ3) is 3.54. The summed E-state index contributed by atoms with van der Waals surface area (Å²) in [7, 11) is -3.16. The molecular formula is C25H30FN7O2S. The number of aromatic nitrogens is 2. The van der Waals surface area contributed by atoms with Crippen LogP contribution >= 0.6 is 0 Å². The Morgan fingerprint density at radius 1 is 1.33 bits per heavy atom. The molecule has 0 bridgehead atoms. The minimum Gasteiger partial charge on any atom is -0.386 e. The van der Waals surface area contributed by atoms with Gasteiger partial charge in [-0.15, -0.1) is 0 Å². The number of amides is 1. The fraction of sp³-hybridized carbons (Fsp3) is 0.480. The number of pyridine rings is 2. The van der Waals surface area contributed by atoms with E-state index in [1.165, 1.54) is 18.3 Å². The molecule has 0 radical (unpaired) electrons. The SMILES string of the molecule is Cc1cc(C#N)cnc1C(=O)Nc1ccc(F)c([C@@]2(C)N=C(N)C(C)(C)[SH]3(=O)NCC4(CC4)C[C@@H]23)n1. The number of amidine groups is 1. The second-order valence-corrected chi connectivity index (χ2v) is 14.3. The average molecular weight is 512 g/mol. The van der Waals surface area contributed by atoms with Gasteiger partial charge in [0.2, 0.25) is 0 Å². The lowest BCUT2D eigenvalue weighted by Gasteiger charge is -2.57. The normalized spacial score (nSPS) is 27.8. The number of thiol groups is 1.